The zero-order valence-corrected chi connectivity index (χ0v) is 16.6. The predicted octanol–water partition coefficient (Wildman–Crippen LogP) is 5.04. The normalized spacial score (nSPS) is 27.4. The fourth-order valence-corrected chi connectivity index (χ4v) is 4.95. The van der Waals surface area contributed by atoms with Gasteiger partial charge in [0.05, 0.1) is 12.7 Å². The van der Waals surface area contributed by atoms with Crippen molar-refractivity contribution in [3.63, 3.8) is 0 Å². The van der Waals surface area contributed by atoms with E-state index in [0.717, 1.165) is 30.9 Å². The van der Waals surface area contributed by atoms with Crippen LogP contribution in [0.2, 0.25) is 18.1 Å². The second kappa shape index (κ2) is 5.25. The van der Waals surface area contributed by atoms with Gasteiger partial charge in [-0.3, -0.25) is 0 Å². The maximum absolute atomic E-state index is 6.49. The van der Waals surface area contributed by atoms with Crippen LogP contribution in [0.15, 0.2) is 18.2 Å². The minimum Gasteiger partial charge on any atom is -0.492 e. The van der Waals surface area contributed by atoms with Crippen molar-refractivity contribution in [3.8, 4) is 11.5 Å². The van der Waals surface area contributed by atoms with E-state index in [2.05, 4.69) is 52.1 Å². The molecule has 0 amide bonds. The van der Waals surface area contributed by atoms with Crippen molar-refractivity contribution in [2.75, 3.05) is 6.61 Å². The molecule has 0 atom stereocenters. The lowest BCUT2D eigenvalue weighted by Gasteiger charge is -2.44. The summed E-state index contributed by atoms with van der Waals surface area (Å²) in [5.74, 6) is 2.09. The molecule has 0 unspecified atom stereocenters. The third kappa shape index (κ3) is 2.68. The molecule has 2 saturated carbocycles. The van der Waals surface area contributed by atoms with E-state index >= 15 is 0 Å². The van der Waals surface area contributed by atoms with Crippen molar-refractivity contribution >= 4 is 8.32 Å². The van der Waals surface area contributed by atoms with Crippen molar-refractivity contribution in [2.45, 2.75) is 82.2 Å². The smallest absolute Gasteiger partial charge is 0.192 e. The van der Waals surface area contributed by atoms with Gasteiger partial charge in [-0.1, -0.05) is 26.8 Å². The molecule has 132 valence electrons. The van der Waals surface area contributed by atoms with E-state index in [4.69, 9.17) is 13.9 Å². The van der Waals surface area contributed by atoms with E-state index in [1.165, 1.54) is 18.4 Å². The Hall–Kier alpha value is -1.00. The molecular weight excluding hydrogens is 316 g/mol. The van der Waals surface area contributed by atoms with Crippen molar-refractivity contribution in [1.29, 1.82) is 0 Å². The summed E-state index contributed by atoms with van der Waals surface area (Å²) < 4.78 is 18.7. The molecule has 2 aliphatic carbocycles. The SMILES string of the molecule is CC(C)(C)[Si](C)(C)O[C@H]1C[C@@H](Oc2cccc3c2C2(CC2)CO3)C1. The first-order chi connectivity index (χ1) is 11.2. The monoisotopic (exact) mass is 346 g/mol. The summed E-state index contributed by atoms with van der Waals surface area (Å²) >= 11 is 0. The Bertz CT molecular complexity index is 637. The van der Waals surface area contributed by atoms with Gasteiger partial charge in [0.2, 0.25) is 0 Å². The highest BCUT2D eigenvalue weighted by Gasteiger charge is 2.53. The van der Waals surface area contributed by atoms with Gasteiger partial charge in [-0.25, -0.2) is 0 Å². The van der Waals surface area contributed by atoms with Gasteiger partial charge in [-0.2, -0.15) is 0 Å². The molecule has 0 bridgehead atoms. The predicted molar refractivity (Wildman–Crippen MR) is 98.6 cm³/mol. The minimum atomic E-state index is -1.66. The molecule has 0 saturated heterocycles. The average Bonchev–Trinajstić information content (AvgIpc) is 3.12. The Morgan fingerprint density at radius 1 is 1.12 bits per heavy atom. The first-order valence-corrected chi connectivity index (χ1v) is 12.2. The van der Waals surface area contributed by atoms with E-state index in [9.17, 15) is 0 Å². The van der Waals surface area contributed by atoms with Crippen LogP contribution >= 0.6 is 0 Å². The lowest BCUT2D eigenvalue weighted by Crippen LogP contribution is -2.50. The third-order valence-corrected chi connectivity index (χ3v) is 11.0. The van der Waals surface area contributed by atoms with Crippen molar-refractivity contribution < 1.29 is 13.9 Å². The van der Waals surface area contributed by atoms with E-state index in [-0.39, 0.29) is 10.5 Å². The summed E-state index contributed by atoms with van der Waals surface area (Å²) in [5.41, 5.74) is 1.60. The molecule has 0 radical (unpaired) electrons. The molecule has 4 heteroatoms. The molecule has 0 aromatic heterocycles. The standard InChI is InChI=1S/C20H30O3Si/c1-19(2,3)24(4,5)23-15-11-14(12-15)22-17-8-6-7-16-18(17)20(9-10-20)13-21-16/h6-8,14-15H,9-13H2,1-5H3/t14-,15+. The van der Waals surface area contributed by atoms with Gasteiger partial charge in [0, 0.05) is 23.8 Å². The Kier molecular flexibility index (Phi) is 3.60. The second-order valence-electron chi connectivity index (χ2n) is 9.41. The summed E-state index contributed by atoms with van der Waals surface area (Å²) in [7, 11) is -1.66. The van der Waals surface area contributed by atoms with Crippen LogP contribution in [0, 0.1) is 0 Å². The molecule has 4 rings (SSSR count). The van der Waals surface area contributed by atoms with Crippen LogP contribution in [0.25, 0.3) is 0 Å². The van der Waals surface area contributed by atoms with Crippen LogP contribution in [0.4, 0.5) is 0 Å². The Labute approximate surface area is 146 Å². The third-order valence-electron chi connectivity index (χ3n) is 6.49. The lowest BCUT2D eigenvalue weighted by molar-refractivity contribution is -0.00367. The lowest BCUT2D eigenvalue weighted by atomic mass is 9.91. The maximum Gasteiger partial charge on any atom is 0.192 e. The number of hydrogen-bond donors (Lipinski definition) is 0. The molecular formula is C20H30O3Si. The molecule has 1 aliphatic heterocycles. The van der Waals surface area contributed by atoms with Gasteiger partial charge in [-0.15, -0.1) is 0 Å². The highest BCUT2D eigenvalue weighted by atomic mass is 28.4. The van der Waals surface area contributed by atoms with Crippen LogP contribution in [-0.4, -0.2) is 27.1 Å². The topological polar surface area (TPSA) is 27.7 Å². The van der Waals surface area contributed by atoms with E-state index in [0.29, 0.717) is 12.2 Å². The van der Waals surface area contributed by atoms with Crippen LogP contribution in [-0.2, 0) is 9.84 Å². The zero-order chi connectivity index (χ0) is 17.2. The largest absolute Gasteiger partial charge is 0.492 e. The Balaban J connectivity index is 1.38. The molecule has 2 fully saturated rings. The van der Waals surface area contributed by atoms with Crippen LogP contribution < -0.4 is 9.47 Å². The Morgan fingerprint density at radius 3 is 2.46 bits per heavy atom. The number of hydrogen-bond acceptors (Lipinski definition) is 3. The second-order valence-corrected chi connectivity index (χ2v) is 14.2. The van der Waals surface area contributed by atoms with E-state index in [1.54, 1.807) is 0 Å². The fourth-order valence-electron chi connectivity index (χ4n) is 3.57. The first kappa shape index (κ1) is 16.5. The quantitative estimate of drug-likeness (QED) is 0.715. The van der Waals surface area contributed by atoms with Crippen LogP contribution in [0.3, 0.4) is 0 Å². The van der Waals surface area contributed by atoms with Gasteiger partial charge in [0.1, 0.15) is 17.6 Å². The molecule has 1 aromatic rings. The molecule has 1 aromatic carbocycles. The zero-order valence-electron chi connectivity index (χ0n) is 15.6. The van der Waals surface area contributed by atoms with Crippen molar-refractivity contribution in [1.82, 2.24) is 0 Å². The number of fused-ring (bicyclic) bond motifs is 2. The molecule has 3 aliphatic rings. The fraction of sp³-hybridized carbons (Fsp3) is 0.700. The molecule has 24 heavy (non-hydrogen) atoms. The maximum atomic E-state index is 6.49. The number of benzene rings is 1. The number of rotatable bonds is 4. The highest BCUT2D eigenvalue weighted by Crippen LogP contribution is 2.58. The summed E-state index contributed by atoms with van der Waals surface area (Å²) in [6.07, 6.45) is 5.18. The van der Waals surface area contributed by atoms with Crippen molar-refractivity contribution in [2.24, 2.45) is 0 Å². The molecule has 1 heterocycles. The summed E-state index contributed by atoms with van der Waals surface area (Å²) in [5, 5.41) is 0.273. The summed E-state index contributed by atoms with van der Waals surface area (Å²) in [6.45, 7) is 12.4. The van der Waals surface area contributed by atoms with Gasteiger partial charge >= 0.3 is 0 Å². The van der Waals surface area contributed by atoms with Gasteiger partial charge < -0.3 is 13.9 Å². The number of ether oxygens (including phenoxy) is 2. The van der Waals surface area contributed by atoms with Crippen molar-refractivity contribution in [3.05, 3.63) is 23.8 Å². The molecule has 1 spiro atoms. The van der Waals surface area contributed by atoms with E-state index < -0.39 is 8.32 Å². The van der Waals surface area contributed by atoms with Gasteiger partial charge in [0.15, 0.2) is 8.32 Å². The van der Waals surface area contributed by atoms with Crippen LogP contribution in [0.5, 0.6) is 11.5 Å². The van der Waals surface area contributed by atoms with E-state index in [1.807, 2.05) is 0 Å². The Morgan fingerprint density at radius 2 is 1.83 bits per heavy atom. The van der Waals surface area contributed by atoms with Crippen LogP contribution in [0.1, 0.15) is 52.0 Å². The van der Waals surface area contributed by atoms with Gasteiger partial charge in [0.25, 0.3) is 0 Å². The molecule has 0 N–H and O–H groups in total. The van der Waals surface area contributed by atoms with Gasteiger partial charge in [-0.05, 0) is 43.1 Å². The minimum absolute atomic E-state index is 0.271. The molecule has 3 nitrogen and oxygen atoms in total. The average molecular weight is 347 g/mol. The highest BCUT2D eigenvalue weighted by molar-refractivity contribution is 6.74. The summed E-state index contributed by atoms with van der Waals surface area (Å²) in [4.78, 5) is 0. The first-order valence-electron chi connectivity index (χ1n) is 9.31. The summed E-state index contributed by atoms with van der Waals surface area (Å²) in [6, 6.07) is 6.26.